The molecule has 2 N–H and O–H groups in total. The van der Waals surface area contributed by atoms with Crippen LogP contribution in [0.2, 0.25) is 0 Å². The third-order valence-electron chi connectivity index (χ3n) is 5.59. The summed E-state index contributed by atoms with van der Waals surface area (Å²) in [5, 5.41) is 3.46. The lowest BCUT2D eigenvalue weighted by atomic mass is 9.90. The number of nitrogens with one attached hydrogen (secondary N) is 2. The predicted octanol–water partition coefficient (Wildman–Crippen LogP) is 2.90. The van der Waals surface area contributed by atoms with Crippen LogP contribution in [0.5, 0.6) is 0 Å². The summed E-state index contributed by atoms with van der Waals surface area (Å²) in [6.07, 6.45) is 8.05. The molecule has 1 atom stereocenters. The molecule has 5 nitrogen and oxygen atoms in total. The van der Waals surface area contributed by atoms with Crippen molar-refractivity contribution in [2.45, 2.75) is 37.5 Å². The summed E-state index contributed by atoms with van der Waals surface area (Å²) in [5.74, 6) is 2.20. The van der Waals surface area contributed by atoms with Gasteiger partial charge in [-0.2, -0.15) is 0 Å². The molecule has 0 radical (unpaired) electrons. The van der Waals surface area contributed by atoms with Crippen LogP contribution in [0.15, 0.2) is 36.7 Å². The van der Waals surface area contributed by atoms with E-state index >= 15 is 0 Å². The van der Waals surface area contributed by atoms with Crippen LogP contribution in [0, 0.1) is 0 Å². The Hall–Kier alpha value is -2.14. The molecule has 0 bridgehead atoms. The minimum atomic E-state index is 0.170. The van der Waals surface area contributed by atoms with Crippen molar-refractivity contribution in [3.8, 4) is 0 Å². The first-order chi connectivity index (χ1) is 12.3. The van der Waals surface area contributed by atoms with Crippen molar-refractivity contribution in [2.75, 3.05) is 26.2 Å². The normalized spacial score (nSPS) is 22.1. The van der Waals surface area contributed by atoms with E-state index in [2.05, 4.69) is 27.4 Å². The zero-order valence-corrected chi connectivity index (χ0v) is 14.6. The van der Waals surface area contributed by atoms with E-state index in [0.29, 0.717) is 11.8 Å². The second kappa shape index (κ2) is 7.40. The number of rotatable bonds is 3. The van der Waals surface area contributed by atoms with Crippen molar-refractivity contribution >= 4 is 5.91 Å². The number of carbonyl (C=O) groups excluding carboxylic acids is 1. The number of benzene rings is 1. The van der Waals surface area contributed by atoms with E-state index in [1.807, 2.05) is 23.2 Å². The summed E-state index contributed by atoms with van der Waals surface area (Å²) >= 11 is 0. The van der Waals surface area contributed by atoms with E-state index in [4.69, 9.17) is 0 Å². The summed E-state index contributed by atoms with van der Waals surface area (Å²) in [5.41, 5.74) is 2.13. The Morgan fingerprint density at radius 2 is 2.04 bits per heavy atom. The van der Waals surface area contributed by atoms with Crippen LogP contribution in [0.3, 0.4) is 0 Å². The molecule has 1 aromatic carbocycles. The van der Waals surface area contributed by atoms with Crippen molar-refractivity contribution in [2.24, 2.45) is 0 Å². The molecule has 5 heteroatoms. The van der Waals surface area contributed by atoms with Crippen LogP contribution in [-0.2, 0) is 0 Å². The third-order valence-corrected chi connectivity index (χ3v) is 5.59. The fourth-order valence-electron chi connectivity index (χ4n) is 4.10. The van der Waals surface area contributed by atoms with E-state index in [1.165, 1.54) is 18.4 Å². The van der Waals surface area contributed by atoms with Gasteiger partial charge in [-0.3, -0.25) is 4.79 Å². The maximum Gasteiger partial charge on any atom is 0.253 e. The summed E-state index contributed by atoms with van der Waals surface area (Å²) in [6.45, 7) is 3.74. The number of likely N-dealkylation sites (tertiary alicyclic amines) is 1. The van der Waals surface area contributed by atoms with Crippen LogP contribution in [-0.4, -0.2) is 47.0 Å². The molecular formula is C20H26N4O. The Kier molecular flexibility index (Phi) is 4.83. The molecule has 25 heavy (non-hydrogen) atoms. The SMILES string of the molecule is O=C(c1cccc(C2CCCNC2)c1)N1CCC(c2ncc[nH]2)CC1. The first-order valence-electron chi connectivity index (χ1n) is 9.40. The fraction of sp³-hybridized carbons (Fsp3) is 0.500. The fourth-order valence-corrected chi connectivity index (χ4v) is 4.10. The molecule has 0 aliphatic carbocycles. The molecule has 2 saturated heterocycles. The number of imidazole rings is 1. The molecule has 2 aliphatic heterocycles. The smallest absolute Gasteiger partial charge is 0.253 e. The predicted molar refractivity (Wildman–Crippen MR) is 97.8 cm³/mol. The number of amides is 1. The Balaban J connectivity index is 1.41. The topological polar surface area (TPSA) is 61.0 Å². The average Bonchev–Trinajstić information content (AvgIpc) is 3.23. The standard InChI is InChI=1S/C20H26N4O/c25-20(24-11-6-15(7-12-24)19-22-9-10-23-19)17-4-1-3-16(13-17)18-5-2-8-21-14-18/h1,3-4,9-10,13,15,18,21H,2,5-8,11-12,14H2,(H,22,23). The number of aromatic nitrogens is 2. The highest BCUT2D eigenvalue weighted by Gasteiger charge is 2.26. The Morgan fingerprint density at radius 1 is 1.16 bits per heavy atom. The Morgan fingerprint density at radius 3 is 2.76 bits per heavy atom. The van der Waals surface area contributed by atoms with Gasteiger partial charge in [-0.25, -0.2) is 4.98 Å². The number of piperidine rings is 2. The van der Waals surface area contributed by atoms with E-state index < -0.39 is 0 Å². The highest BCUT2D eigenvalue weighted by atomic mass is 16.2. The molecule has 132 valence electrons. The second-order valence-electron chi connectivity index (χ2n) is 7.21. The van der Waals surface area contributed by atoms with Crippen molar-refractivity contribution in [1.29, 1.82) is 0 Å². The van der Waals surface area contributed by atoms with Gasteiger partial charge >= 0.3 is 0 Å². The zero-order chi connectivity index (χ0) is 17.1. The summed E-state index contributed by atoms with van der Waals surface area (Å²) in [6, 6.07) is 8.27. The van der Waals surface area contributed by atoms with Gasteiger partial charge in [0.1, 0.15) is 5.82 Å². The lowest BCUT2D eigenvalue weighted by Gasteiger charge is -2.31. The van der Waals surface area contributed by atoms with Gasteiger partial charge in [0.05, 0.1) is 0 Å². The van der Waals surface area contributed by atoms with Crippen molar-refractivity contribution in [3.63, 3.8) is 0 Å². The van der Waals surface area contributed by atoms with E-state index in [1.54, 1.807) is 6.20 Å². The highest BCUT2D eigenvalue weighted by Crippen LogP contribution is 2.27. The van der Waals surface area contributed by atoms with Crippen molar-refractivity contribution < 1.29 is 4.79 Å². The maximum atomic E-state index is 12.9. The maximum absolute atomic E-state index is 12.9. The Bertz CT molecular complexity index is 698. The number of hydrogen-bond acceptors (Lipinski definition) is 3. The number of carbonyl (C=O) groups is 1. The zero-order valence-electron chi connectivity index (χ0n) is 14.6. The highest BCUT2D eigenvalue weighted by molar-refractivity contribution is 5.94. The minimum absolute atomic E-state index is 0.170. The summed E-state index contributed by atoms with van der Waals surface area (Å²) in [7, 11) is 0. The first kappa shape index (κ1) is 16.3. The molecule has 1 amide bonds. The molecule has 0 saturated carbocycles. The van der Waals surface area contributed by atoms with Crippen molar-refractivity contribution in [1.82, 2.24) is 20.2 Å². The molecule has 1 unspecified atom stereocenters. The molecule has 2 aliphatic rings. The molecule has 2 fully saturated rings. The van der Waals surface area contributed by atoms with Gasteiger partial charge in [0, 0.05) is 43.5 Å². The van der Waals surface area contributed by atoms with Crippen LogP contribution in [0.4, 0.5) is 0 Å². The van der Waals surface area contributed by atoms with Gasteiger partial charge in [0.25, 0.3) is 5.91 Å². The van der Waals surface area contributed by atoms with E-state index in [9.17, 15) is 4.79 Å². The monoisotopic (exact) mass is 338 g/mol. The van der Waals surface area contributed by atoms with Crippen molar-refractivity contribution in [3.05, 3.63) is 53.6 Å². The molecule has 3 heterocycles. The lowest BCUT2D eigenvalue weighted by molar-refractivity contribution is 0.0711. The Labute approximate surface area is 148 Å². The van der Waals surface area contributed by atoms with Gasteiger partial charge in [-0.15, -0.1) is 0 Å². The number of H-pyrrole nitrogens is 1. The van der Waals surface area contributed by atoms with Gasteiger partial charge in [-0.1, -0.05) is 12.1 Å². The largest absolute Gasteiger partial charge is 0.348 e. The second-order valence-corrected chi connectivity index (χ2v) is 7.21. The van der Waals surface area contributed by atoms with Crippen LogP contribution < -0.4 is 5.32 Å². The third kappa shape index (κ3) is 3.61. The van der Waals surface area contributed by atoms with Crippen LogP contribution in [0.25, 0.3) is 0 Å². The van der Waals surface area contributed by atoms with Gasteiger partial charge in [0.15, 0.2) is 0 Å². The van der Waals surface area contributed by atoms with E-state index in [-0.39, 0.29) is 5.91 Å². The molecule has 2 aromatic rings. The van der Waals surface area contributed by atoms with Gasteiger partial charge in [-0.05, 0) is 55.8 Å². The van der Waals surface area contributed by atoms with Gasteiger partial charge < -0.3 is 15.2 Å². The molecule has 1 aromatic heterocycles. The minimum Gasteiger partial charge on any atom is -0.348 e. The molecule has 4 rings (SSSR count). The first-order valence-corrected chi connectivity index (χ1v) is 9.40. The summed E-state index contributed by atoms with van der Waals surface area (Å²) < 4.78 is 0. The number of nitrogens with zero attached hydrogens (tertiary/aromatic N) is 2. The summed E-state index contributed by atoms with van der Waals surface area (Å²) in [4.78, 5) is 22.5. The average molecular weight is 338 g/mol. The van der Waals surface area contributed by atoms with Gasteiger partial charge in [0.2, 0.25) is 0 Å². The van der Waals surface area contributed by atoms with Crippen LogP contribution in [0.1, 0.15) is 59.3 Å². The lowest BCUT2D eigenvalue weighted by Crippen LogP contribution is -2.38. The van der Waals surface area contributed by atoms with Crippen LogP contribution >= 0.6 is 0 Å². The van der Waals surface area contributed by atoms with E-state index in [0.717, 1.165) is 50.4 Å². The molecular weight excluding hydrogens is 312 g/mol. The quantitative estimate of drug-likeness (QED) is 0.905. The number of hydrogen-bond donors (Lipinski definition) is 2. The number of aromatic amines is 1. The molecule has 0 spiro atoms.